The number of aromatic nitrogens is 3. The van der Waals surface area contributed by atoms with Gasteiger partial charge in [-0.05, 0) is 49.4 Å². The second kappa shape index (κ2) is 9.36. The lowest BCUT2D eigenvalue weighted by Gasteiger charge is -2.32. The van der Waals surface area contributed by atoms with Crippen molar-refractivity contribution in [1.29, 1.82) is 0 Å². The van der Waals surface area contributed by atoms with Gasteiger partial charge in [0.2, 0.25) is 5.95 Å². The first-order valence-electron chi connectivity index (χ1n) is 9.80. The average molecular weight is 355 g/mol. The van der Waals surface area contributed by atoms with E-state index in [2.05, 4.69) is 68.8 Å². The van der Waals surface area contributed by atoms with E-state index in [1.807, 2.05) is 0 Å². The van der Waals surface area contributed by atoms with Gasteiger partial charge >= 0.3 is 0 Å². The van der Waals surface area contributed by atoms with E-state index in [0.29, 0.717) is 11.8 Å². The van der Waals surface area contributed by atoms with Crippen LogP contribution in [-0.2, 0) is 0 Å². The summed E-state index contributed by atoms with van der Waals surface area (Å²) in [5.74, 6) is 2.13. The first-order chi connectivity index (χ1) is 12.7. The Morgan fingerprint density at radius 2 is 1.88 bits per heavy atom. The predicted molar refractivity (Wildman–Crippen MR) is 108 cm³/mol. The van der Waals surface area contributed by atoms with E-state index in [1.54, 1.807) is 6.20 Å². The molecule has 0 radical (unpaired) electrons. The number of piperidine rings is 1. The van der Waals surface area contributed by atoms with Crippen molar-refractivity contribution >= 4 is 23.1 Å². The van der Waals surface area contributed by atoms with Gasteiger partial charge in [-0.25, -0.2) is 0 Å². The first kappa shape index (κ1) is 18.4. The normalized spacial score (nSPS) is 15.1. The Hall–Kier alpha value is -2.37. The number of benzene rings is 1. The van der Waals surface area contributed by atoms with E-state index < -0.39 is 0 Å². The number of hydrogen-bond donors (Lipinski definition) is 2. The summed E-state index contributed by atoms with van der Waals surface area (Å²) >= 11 is 0. The molecule has 6 nitrogen and oxygen atoms in total. The fourth-order valence-corrected chi connectivity index (χ4v) is 3.18. The molecule has 0 aliphatic carbocycles. The van der Waals surface area contributed by atoms with E-state index in [0.717, 1.165) is 37.7 Å². The summed E-state index contributed by atoms with van der Waals surface area (Å²) < 4.78 is 0. The molecule has 1 fully saturated rings. The molecule has 2 N–H and O–H groups in total. The molecular formula is C20H30N6. The quantitative estimate of drug-likeness (QED) is 0.683. The molecule has 1 saturated heterocycles. The van der Waals surface area contributed by atoms with Gasteiger partial charge in [-0.15, -0.1) is 5.10 Å². The zero-order valence-corrected chi connectivity index (χ0v) is 15.9. The Balaban J connectivity index is 1.55. The van der Waals surface area contributed by atoms with Crippen LogP contribution in [0.1, 0.15) is 46.0 Å². The Morgan fingerprint density at radius 1 is 1.12 bits per heavy atom. The lowest BCUT2D eigenvalue weighted by molar-refractivity contribution is 0.438. The van der Waals surface area contributed by atoms with Gasteiger partial charge in [-0.2, -0.15) is 10.1 Å². The number of anilines is 4. The SMILES string of the molecule is CCCCCNc1nncc(Nc2ccc(N3CCC(C)CC3)cc2)n1. The van der Waals surface area contributed by atoms with Gasteiger partial charge in [-0.3, -0.25) is 0 Å². The molecule has 0 atom stereocenters. The smallest absolute Gasteiger partial charge is 0.244 e. The minimum Gasteiger partial charge on any atom is -0.372 e. The fraction of sp³-hybridized carbons (Fsp3) is 0.550. The molecule has 1 aromatic heterocycles. The maximum absolute atomic E-state index is 4.48. The molecule has 140 valence electrons. The lowest BCUT2D eigenvalue weighted by Crippen LogP contribution is -2.32. The summed E-state index contributed by atoms with van der Waals surface area (Å²) in [5, 5.41) is 14.6. The van der Waals surface area contributed by atoms with E-state index in [9.17, 15) is 0 Å². The van der Waals surface area contributed by atoms with E-state index in [4.69, 9.17) is 0 Å². The van der Waals surface area contributed by atoms with Crippen molar-refractivity contribution < 1.29 is 0 Å². The molecule has 3 rings (SSSR count). The summed E-state index contributed by atoms with van der Waals surface area (Å²) in [7, 11) is 0. The molecule has 2 heterocycles. The fourth-order valence-electron chi connectivity index (χ4n) is 3.18. The number of unbranched alkanes of at least 4 members (excludes halogenated alkanes) is 2. The van der Waals surface area contributed by atoms with Crippen LogP contribution in [0.2, 0.25) is 0 Å². The maximum Gasteiger partial charge on any atom is 0.244 e. The lowest BCUT2D eigenvalue weighted by atomic mass is 9.99. The van der Waals surface area contributed by atoms with Crippen LogP contribution in [0, 0.1) is 5.92 Å². The highest BCUT2D eigenvalue weighted by atomic mass is 15.3. The van der Waals surface area contributed by atoms with Crippen LogP contribution in [0.4, 0.5) is 23.1 Å². The summed E-state index contributed by atoms with van der Waals surface area (Å²) in [6.07, 6.45) is 7.74. The van der Waals surface area contributed by atoms with Crippen LogP contribution >= 0.6 is 0 Å². The molecule has 0 saturated carbocycles. The molecule has 0 amide bonds. The standard InChI is InChI=1S/C20H30N6/c1-3-4-5-12-21-20-24-19(15-22-25-20)23-17-6-8-18(9-7-17)26-13-10-16(2)11-14-26/h6-9,15-16H,3-5,10-14H2,1-2H3,(H2,21,23,24,25). The number of nitrogens with zero attached hydrogens (tertiary/aromatic N) is 4. The molecule has 1 aliphatic rings. The van der Waals surface area contributed by atoms with Gasteiger partial charge in [0.1, 0.15) is 0 Å². The molecule has 1 aromatic carbocycles. The number of nitrogens with one attached hydrogen (secondary N) is 2. The molecule has 0 unspecified atom stereocenters. The van der Waals surface area contributed by atoms with Crippen molar-refractivity contribution in [2.75, 3.05) is 35.2 Å². The highest BCUT2D eigenvalue weighted by Crippen LogP contribution is 2.25. The largest absolute Gasteiger partial charge is 0.372 e. The molecular weight excluding hydrogens is 324 g/mol. The second-order valence-electron chi connectivity index (χ2n) is 7.14. The van der Waals surface area contributed by atoms with Gasteiger partial charge in [-0.1, -0.05) is 26.7 Å². The Morgan fingerprint density at radius 3 is 2.62 bits per heavy atom. The number of rotatable bonds is 8. The van der Waals surface area contributed by atoms with Crippen LogP contribution in [0.3, 0.4) is 0 Å². The van der Waals surface area contributed by atoms with Crippen molar-refractivity contribution in [2.24, 2.45) is 5.92 Å². The minimum atomic E-state index is 0.574. The van der Waals surface area contributed by atoms with Crippen molar-refractivity contribution in [3.63, 3.8) is 0 Å². The number of hydrogen-bond acceptors (Lipinski definition) is 6. The zero-order valence-electron chi connectivity index (χ0n) is 15.9. The van der Waals surface area contributed by atoms with Crippen molar-refractivity contribution in [2.45, 2.75) is 46.0 Å². The highest BCUT2D eigenvalue weighted by Gasteiger charge is 2.15. The molecule has 26 heavy (non-hydrogen) atoms. The summed E-state index contributed by atoms with van der Waals surface area (Å²) in [4.78, 5) is 6.95. The zero-order chi connectivity index (χ0) is 18.2. The van der Waals surface area contributed by atoms with Crippen LogP contribution in [-0.4, -0.2) is 34.8 Å². The summed E-state index contributed by atoms with van der Waals surface area (Å²) in [6.45, 7) is 7.71. The van der Waals surface area contributed by atoms with Gasteiger partial charge in [0.25, 0.3) is 0 Å². The highest BCUT2D eigenvalue weighted by molar-refractivity contribution is 5.60. The van der Waals surface area contributed by atoms with Crippen LogP contribution < -0.4 is 15.5 Å². The average Bonchev–Trinajstić information content (AvgIpc) is 2.67. The van der Waals surface area contributed by atoms with Gasteiger partial charge in [0, 0.05) is 31.0 Å². The molecule has 0 bridgehead atoms. The Bertz CT molecular complexity index is 664. The van der Waals surface area contributed by atoms with E-state index in [-0.39, 0.29) is 0 Å². The minimum absolute atomic E-state index is 0.574. The van der Waals surface area contributed by atoms with Crippen molar-refractivity contribution in [3.05, 3.63) is 30.5 Å². The van der Waals surface area contributed by atoms with Crippen molar-refractivity contribution in [3.8, 4) is 0 Å². The molecule has 6 heteroatoms. The third-order valence-electron chi connectivity index (χ3n) is 4.91. The second-order valence-corrected chi connectivity index (χ2v) is 7.14. The van der Waals surface area contributed by atoms with Crippen LogP contribution in [0.25, 0.3) is 0 Å². The van der Waals surface area contributed by atoms with E-state index in [1.165, 1.54) is 31.4 Å². The predicted octanol–water partition coefficient (Wildman–Crippen LogP) is 4.45. The topological polar surface area (TPSA) is 66.0 Å². The van der Waals surface area contributed by atoms with Gasteiger partial charge in [0.05, 0.1) is 6.20 Å². The Kier molecular flexibility index (Phi) is 6.63. The van der Waals surface area contributed by atoms with Gasteiger partial charge < -0.3 is 15.5 Å². The maximum atomic E-state index is 4.48. The first-order valence-corrected chi connectivity index (χ1v) is 9.80. The van der Waals surface area contributed by atoms with Gasteiger partial charge in [0.15, 0.2) is 5.82 Å². The molecule has 2 aromatic rings. The molecule has 0 spiro atoms. The monoisotopic (exact) mass is 354 g/mol. The summed E-state index contributed by atoms with van der Waals surface area (Å²) in [5.41, 5.74) is 2.30. The van der Waals surface area contributed by atoms with Crippen LogP contribution in [0.5, 0.6) is 0 Å². The third-order valence-corrected chi connectivity index (χ3v) is 4.91. The Labute approximate surface area is 156 Å². The van der Waals surface area contributed by atoms with E-state index >= 15 is 0 Å². The summed E-state index contributed by atoms with van der Waals surface area (Å²) in [6, 6.07) is 8.56. The van der Waals surface area contributed by atoms with Crippen LogP contribution in [0.15, 0.2) is 30.5 Å². The molecule has 1 aliphatic heterocycles. The van der Waals surface area contributed by atoms with Crippen molar-refractivity contribution in [1.82, 2.24) is 15.2 Å². The third kappa shape index (κ3) is 5.31.